The lowest BCUT2D eigenvalue weighted by molar-refractivity contribution is 0.0958. The second-order valence-corrected chi connectivity index (χ2v) is 8.69. The Kier molecular flexibility index (Phi) is 5.67. The topological polar surface area (TPSA) is 59.9 Å². The first-order chi connectivity index (χ1) is 13.6. The summed E-state index contributed by atoms with van der Waals surface area (Å²) in [6, 6.07) is 8.05. The zero-order valence-corrected chi connectivity index (χ0v) is 17.2. The number of thiophene rings is 1. The number of carbonyl (C=O) groups excluding carboxylic acids is 1. The fourth-order valence-electron chi connectivity index (χ4n) is 3.74. The Morgan fingerprint density at radius 2 is 2.14 bits per heavy atom. The summed E-state index contributed by atoms with van der Waals surface area (Å²) in [6.45, 7) is 4.48. The number of nitrogens with zero attached hydrogens (tertiary/aromatic N) is 1. The molecule has 2 heterocycles. The van der Waals surface area contributed by atoms with Crippen LogP contribution in [0.2, 0.25) is 0 Å². The van der Waals surface area contributed by atoms with Gasteiger partial charge in [-0.3, -0.25) is 4.79 Å². The molecule has 5 nitrogen and oxygen atoms in total. The predicted octanol–water partition coefficient (Wildman–Crippen LogP) is 4.73. The number of hydrogen-bond donors (Lipinski definition) is 1. The van der Waals surface area contributed by atoms with Gasteiger partial charge in [-0.15, -0.1) is 11.3 Å². The number of ether oxygens (including phenoxy) is 2. The van der Waals surface area contributed by atoms with Gasteiger partial charge in [-0.2, -0.15) is 5.10 Å². The zero-order chi connectivity index (χ0) is 19.5. The van der Waals surface area contributed by atoms with Crippen molar-refractivity contribution in [2.75, 3.05) is 6.79 Å². The summed E-state index contributed by atoms with van der Waals surface area (Å²) in [7, 11) is 0. The minimum Gasteiger partial charge on any atom is -0.454 e. The van der Waals surface area contributed by atoms with Crippen LogP contribution in [0, 0.1) is 5.92 Å². The Labute approximate surface area is 169 Å². The van der Waals surface area contributed by atoms with Gasteiger partial charge in [0.25, 0.3) is 5.91 Å². The molecule has 1 atom stereocenters. The van der Waals surface area contributed by atoms with Crippen LogP contribution in [0.5, 0.6) is 11.5 Å². The minimum absolute atomic E-state index is 0.102. The summed E-state index contributed by atoms with van der Waals surface area (Å²) in [5.74, 6) is 2.25. The maximum atomic E-state index is 12.5. The lowest BCUT2D eigenvalue weighted by atomic mass is 9.87. The van der Waals surface area contributed by atoms with Crippen molar-refractivity contribution in [3.63, 3.8) is 0 Å². The summed E-state index contributed by atoms with van der Waals surface area (Å²) in [6.07, 6.45) is 6.27. The van der Waals surface area contributed by atoms with Gasteiger partial charge in [0, 0.05) is 10.6 Å². The van der Waals surface area contributed by atoms with Crippen molar-refractivity contribution in [3.05, 3.63) is 45.1 Å². The Hall–Kier alpha value is -2.34. The van der Waals surface area contributed by atoms with Crippen LogP contribution in [0.15, 0.2) is 29.4 Å². The normalized spacial score (nSPS) is 18.1. The van der Waals surface area contributed by atoms with E-state index in [-0.39, 0.29) is 12.7 Å². The first-order valence-electron chi connectivity index (χ1n) is 9.96. The van der Waals surface area contributed by atoms with Crippen LogP contribution in [0.1, 0.15) is 58.8 Å². The molecule has 148 valence electrons. The third-order valence-corrected chi connectivity index (χ3v) is 6.78. The van der Waals surface area contributed by atoms with E-state index in [1.54, 1.807) is 11.3 Å². The third-order valence-electron chi connectivity index (χ3n) is 5.55. The van der Waals surface area contributed by atoms with E-state index in [2.05, 4.69) is 23.5 Å². The Bertz CT molecular complexity index is 903. The van der Waals surface area contributed by atoms with Gasteiger partial charge in [-0.25, -0.2) is 5.43 Å². The molecule has 0 saturated heterocycles. The molecule has 1 aliphatic carbocycles. The molecule has 28 heavy (non-hydrogen) atoms. The van der Waals surface area contributed by atoms with Crippen molar-refractivity contribution in [2.24, 2.45) is 11.0 Å². The second-order valence-electron chi connectivity index (χ2n) is 7.55. The van der Waals surface area contributed by atoms with Crippen molar-refractivity contribution in [1.29, 1.82) is 0 Å². The van der Waals surface area contributed by atoms with Crippen LogP contribution in [0.25, 0.3) is 0 Å². The second kappa shape index (κ2) is 8.35. The van der Waals surface area contributed by atoms with E-state index in [4.69, 9.17) is 9.47 Å². The molecule has 0 saturated carbocycles. The lowest BCUT2D eigenvalue weighted by Crippen LogP contribution is -2.18. The number of hydrogen-bond acceptors (Lipinski definition) is 5. The molecule has 2 aromatic rings. The standard InChI is InChI=1S/C22H26N2O3S/c1-3-15-7-9-20-17(10-15)12-21(28-20)22(25)24-23-14(2)4-5-16-6-8-18-19(11-16)27-13-26-18/h6,8,11-12,15H,3-5,7,9-10,13H2,1-2H3,(H,24,25)/b23-14+. The molecule has 1 aromatic heterocycles. The van der Waals surface area contributed by atoms with Crippen LogP contribution >= 0.6 is 11.3 Å². The van der Waals surface area contributed by atoms with E-state index in [1.165, 1.54) is 28.8 Å². The smallest absolute Gasteiger partial charge is 0.281 e. The van der Waals surface area contributed by atoms with Crippen molar-refractivity contribution in [3.8, 4) is 11.5 Å². The summed E-state index contributed by atoms with van der Waals surface area (Å²) in [5.41, 5.74) is 6.15. The number of hydrazone groups is 1. The molecule has 0 radical (unpaired) electrons. The molecule has 1 aromatic carbocycles. The monoisotopic (exact) mass is 398 g/mol. The fraction of sp³-hybridized carbons (Fsp3) is 0.455. The van der Waals surface area contributed by atoms with Gasteiger partial charge in [-0.1, -0.05) is 19.4 Å². The van der Waals surface area contributed by atoms with E-state index >= 15 is 0 Å². The van der Waals surface area contributed by atoms with Crippen molar-refractivity contribution < 1.29 is 14.3 Å². The number of rotatable bonds is 6. The summed E-state index contributed by atoms with van der Waals surface area (Å²) >= 11 is 1.62. The van der Waals surface area contributed by atoms with Crippen LogP contribution < -0.4 is 14.9 Å². The number of benzene rings is 1. The van der Waals surface area contributed by atoms with Crippen molar-refractivity contribution >= 4 is 23.0 Å². The molecule has 0 fully saturated rings. The Morgan fingerprint density at radius 3 is 3.00 bits per heavy atom. The maximum Gasteiger partial charge on any atom is 0.281 e. The van der Waals surface area contributed by atoms with Gasteiger partial charge in [0.15, 0.2) is 11.5 Å². The molecule has 2 aliphatic rings. The zero-order valence-electron chi connectivity index (χ0n) is 16.4. The van der Waals surface area contributed by atoms with Crippen LogP contribution in [-0.4, -0.2) is 18.4 Å². The number of amides is 1. The van der Waals surface area contributed by atoms with Gasteiger partial charge in [0.1, 0.15) is 0 Å². The van der Waals surface area contributed by atoms with E-state index in [9.17, 15) is 4.79 Å². The van der Waals surface area contributed by atoms with Crippen molar-refractivity contribution in [1.82, 2.24) is 5.43 Å². The van der Waals surface area contributed by atoms with Gasteiger partial charge < -0.3 is 9.47 Å². The van der Waals surface area contributed by atoms with Gasteiger partial charge in [0.2, 0.25) is 6.79 Å². The lowest BCUT2D eigenvalue weighted by Gasteiger charge is -2.19. The number of fused-ring (bicyclic) bond motifs is 2. The van der Waals surface area contributed by atoms with Crippen LogP contribution in [0.3, 0.4) is 0 Å². The van der Waals surface area contributed by atoms with Crippen LogP contribution in [0.4, 0.5) is 0 Å². The Balaban J connectivity index is 1.31. The highest BCUT2D eigenvalue weighted by atomic mass is 32.1. The Morgan fingerprint density at radius 1 is 1.29 bits per heavy atom. The average molecular weight is 399 g/mol. The fourth-order valence-corrected chi connectivity index (χ4v) is 4.84. The van der Waals surface area contributed by atoms with E-state index < -0.39 is 0 Å². The quantitative estimate of drug-likeness (QED) is 0.565. The minimum atomic E-state index is -0.102. The summed E-state index contributed by atoms with van der Waals surface area (Å²) < 4.78 is 10.7. The molecule has 0 spiro atoms. The molecular formula is C22H26N2O3S. The van der Waals surface area contributed by atoms with E-state index in [1.807, 2.05) is 25.1 Å². The average Bonchev–Trinajstić information content (AvgIpc) is 3.35. The first kappa shape index (κ1) is 19.0. The third kappa shape index (κ3) is 4.22. The highest BCUT2D eigenvalue weighted by molar-refractivity contribution is 7.14. The number of nitrogens with one attached hydrogen (secondary N) is 1. The van der Waals surface area contributed by atoms with Crippen molar-refractivity contribution in [2.45, 2.75) is 52.4 Å². The molecule has 1 N–H and O–H groups in total. The SMILES string of the molecule is CCC1CCc2sc(C(=O)N/N=C(\C)CCc3ccc4c(c3)OCO4)cc2C1. The molecule has 1 unspecified atom stereocenters. The van der Waals surface area contributed by atoms with E-state index in [0.717, 1.165) is 53.7 Å². The molecule has 0 bridgehead atoms. The highest BCUT2D eigenvalue weighted by Gasteiger charge is 2.22. The summed E-state index contributed by atoms with van der Waals surface area (Å²) in [4.78, 5) is 14.6. The summed E-state index contributed by atoms with van der Waals surface area (Å²) in [5, 5.41) is 4.29. The molecule has 4 rings (SSSR count). The van der Waals surface area contributed by atoms with Crippen LogP contribution in [-0.2, 0) is 19.3 Å². The highest BCUT2D eigenvalue weighted by Crippen LogP contribution is 2.34. The molecule has 1 aliphatic heterocycles. The number of aryl methyl sites for hydroxylation is 2. The molecule has 6 heteroatoms. The maximum absolute atomic E-state index is 12.5. The molecule has 1 amide bonds. The molecular weight excluding hydrogens is 372 g/mol. The van der Waals surface area contributed by atoms with Gasteiger partial charge >= 0.3 is 0 Å². The van der Waals surface area contributed by atoms with Gasteiger partial charge in [-0.05, 0) is 74.3 Å². The van der Waals surface area contributed by atoms with Gasteiger partial charge in [0.05, 0.1) is 4.88 Å². The number of carbonyl (C=O) groups is 1. The predicted molar refractivity (Wildman–Crippen MR) is 112 cm³/mol. The largest absolute Gasteiger partial charge is 0.454 e. The van der Waals surface area contributed by atoms with E-state index in [0.29, 0.717) is 0 Å². The first-order valence-corrected chi connectivity index (χ1v) is 10.8.